The third kappa shape index (κ3) is 2.18. The minimum absolute atomic E-state index is 0.471. The molecule has 1 atom stereocenters. The van der Waals surface area contributed by atoms with Crippen molar-refractivity contribution in [3.8, 4) is 0 Å². The van der Waals surface area contributed by atoms with Crippen LogP contribution in [-0.4, -0.2) is 5.84 Å². The largest absolute Gasteiger partial charge is 0.383 e. The summed E-state index contributed by atoms with van der Waals surface area (Å²) < 4.78 is 0. The van der Waals surface area contributed by atoms with Gasteiger partial charge in [0.25, 0.3) is 0 Å². The van der Waals surface area contributed by atoms with E-state index in [1.54, 1.807) is 0 Å². The molecule has 0 saturated heterocycles. The summed E-state index contributed by atoms with van der Waals surface area (Å²) in [6, 6.07) is 9.77. The number of amidine groups is 1. The van der Waals surface area contributed by atoms with Crippen LogP contribution in [0.5, 0.6) is 0 Å². The van der Waals surface area contributed by atoms with Crippen LogP contribution >= 0.6 is 11.8 Å². The van der Waals surface area contributed by atoms with Crippen molar-refractivity contribution in [2.45, 2.75) is 4.99 Å². The summed E-state index contributed by atoms with van der Waals surface area (Å²) in [6.45, 7) is 0. The van der Waals surface area contributed by atoms with E-state index in [4.69, 9.17) is 11.5 Å². The Morgan fingerprint density at radius 2 is 1.95 bits per heavy atom. The van der Waals surface area contributed by atoms with Crippen molar-refractivity contribution >= 4 is 17.6 Å². The van der Waals surface area contributed by atoms with Crippen molar-refractivity contribution in [2.75, 3.05) is 0 Å². The molecule has 2 aliphatic heterocycles. The van der Waals surface area contributed by atoms with E-state index >= 15 is 0 Å². The normalized spacial score (nSPS) is 29.2. The molecule has 0 spiro atoms. The van der Waals surface area contributed by atoms with Crippen LogP contribution in [0.25, 0.3) is 0 Å². The lowest BCUT2D eigenvalue weighted by molar-refractivity contribution is 0.709. The van der Waals surface area contributed by atoms with Crippen molar-refractivity contribution in [3.63, 3.8) is 0 Å². The first kappa shape index (κ1) is 12.1. The molecule has 2 aliphatic rings. The molecule has 0 radical (unpaired) electrons. The number of dihydropyridines is 1. The standard InChI is InChI=1S/C14H14N4S/c15-13-12(11-8-4-5-9-17-11)19-14(16,18-13)10-6-2-1-3-7-10/h1-9,17H,16H2,(H2,15,18). The molecule has 0 fully saturated rings. The Kier molecular flexibility index (Phi) is 2.93. The van der Waals surface area contributed by atoms with E-state index in [1.807, 2.05) is 54.8 Å². The van der Waals surface area contributed by atoms with E-state index in [9.17, 15) is 0 Å². The fourth-order valence-electron chi connectivity index (χ4n) is 1.99. The second kappa shape index (κ2) is 4.60. The Labute approximate surface area is 116 Å². The van der Waals surface area contributed by atoms with Gasteiger partial charge >= 0.3 is 0 Å². The van der Waals surface area contributed by atoms with Gasteiger partial charge in [-0.2, -0.15) is 0 Å². The van der Waals surface area contributed by atoms with Crippen LogP contribution in [0.1, 0.15) is 5.56 Å². The Morgan fingerprint density at radius 1 is 1.16 bits per heavy atom. The van der Waals surface area contributed by atoms with Gasteiger partial charge in [0.05, 0.1) is 10.6 Å². The van der Waals surface area contributed by atoms with Crippen LogP contribution in [-0.2, 0) is 4.99 Å². The number of rotatable bonds is 1. The van der Waals surface area contributed by atoms with Crippen LogP contribution in [0.15, 0.2) is 70.4 Å². The molecule has 19 heavy (non-hydrogen) atoms. The third-order valence-electron chi connectivity index (χ3n) is 2.92. The van der Waals surface area contributed by atoms with Crippen molar-refractivity contribution in [1.29, 1.82) is 0 Å². The topological polar surface area (TPSA) is 76.4 Å². The van der Waals surface area contributed by atoms with Gasteiger partial charge in [0.2, 0.25) is 0 Å². The van der Waals surface area contributed by atoms with E-state index in [2.05, 4.69) is 10.3 Å². The predicted molar refractivity (Wildman–Crippen MR) is 80.0 cm³/mol. The molecule has 1 aromatic rings. The van der Waals surface area contributed by atoms with Gasteiger partial charge < -0.3 is 11.1 Å². The molecule has 0 saturated carbocycles. The Balaban J connectivity index is 1.98. The van der Waals surface area contributed by atoms with Gasteiger partial charge in [0.15, 0.2) is 4.99 Å². The number of nitrogens with two attached hydrogens (primary N) is 2. The number of nitrogens with zero attached hydrogens (tertiary/aromatic N) is 1. The van der Waals surface area contributed by atoms with Crippen LogP contribution in [0.4, 0.5) is 0 Å². The number of hydrogen-bond donors (Lipinski definition) is 3. The zero-order valence-corrected chi connectivity index (χ0v) is 11.0. The van der Waals surface area contributed by atoms with Gasteiger partial charge in [0.1, 0.15) is 5.84 Å². The van der Waals surface area contributed by atoms with E-state index in [0.717, 1.165) is 16.2 Å². The van der Waals surface area contributed by atoms with Gasteiger partial charge in [-0.05, 0) is 12.2 Å². The molecule has 4 nitrogen and oxygen atoms in total. The minimum atomic E-state index is -0.843. The summed E-state index contributed by atoms with van der Waals surface area (Å²) in [5.41, 5.74) is 14.2. The van der Waals surface area contributed by atoms with Gasteiger partial charge in [-0.25, -0.2) is 4.99 Å². The summed E-state index contributed by atoms with van der Waals surface area (Å²) in [6.07, 6.45) is 7.69. The minimum Gasteiger partial charge on any atom is -0.383 e. The molecule has 2 heterocycles. The van der Waals surface area contributed by atoms with Crippen LogP contribution in [0.2, 0.25) is 0 Å². The number of hydrogen-bond acceptors (Lipinski definition) is 5. The highest BCUT2D eigenvalue weighted by Gasteiger charge is 2.37. The molecule has 96 valence electrons. The lowest BCUT2D eigenvalue weighted by Gasteiger charge is -2.20. The average Bonchev–Trinajstić information content (AvgIpc) is 2.77. The molecule has 1 aromatic carbocycles. The second-order valence-electron chi connectivity index (χ2n) is 4.27. The summed E-state index contributed by atoms with van der Waals surface area (Å²) in [5, 5.41) is 3.16. The highest BCUT2D eigenvalue weighted by atomic mass is 32.2. The highest BCUT2D eigenvalue weighted by Crippen LogP contribution is 2.44. The number of thioether (sulfide) groups is 1. The lowest BCUT2D eigenvalue weighted by atomic mass is 10.2. The quantitative estimate of drug-likeness (QED) is 0.726. The average molecular weight is 270 g/mol. The predicted octanol–water partition coefficient (Wildman–Crippen LogP) is 1.74. The summed E-state index contributed by atoms with van der Waals surface area (Å²) in [5.74, 6) is 0.471. The molecule has 1 unspecified atom stereocenters. The Bertz CT molecular complexity index is 616. The Hall–Kier alpha value is -1.98. The fourth-order valence-corrected chi connectivity index (χ4v) is 3.08. The van der Waals surface area contributed by atoms with Gasteiger partial charge in [0, 0.05) is 11.8 Å². The third-order valence-corrected chi connectivity index (χ3v) is 4.19. The Morgan fingerprint density at radius 3 is 2.63 bits per heavy atom. The summed E-state index contributed by atoms with van der Waals surface area (Å²) >= 11 is 1.46. The van der Waals surface area contributed by atoms with Crippen molar-refractivity contribution < 1.29 is 0 Å². The molecule has 5 N–H and O–H groups in total. The first-order valence-electron chi connectivity index (χ1n) is 5.92. The number of allylic oxidation sites excluding steroid dienone is 3. The van der Waals surface area contributed by atoms with Crippen molar-refractivity contribution in [3.05, 3.63) is 70.9 Å². The van der Waals surface area contributed by atoms with Crippen LogP contribution < -0.4 is 16.8 Å². The molecule has 0 bridgehead atoms. The highest BCUT2D eigenvalue weighted by molar-refractivity contribution is 8.05. The first-order valence-corrected chi connectivity index (χ1v) is 6.74. The first-order chi connectivity index (χ1) is 9.19. The van der Waals surface area contributed by atoms with E-state index in [-0.39, 0.29) is 0 Å². The summed E-state index contributed by atoms with van der Waals surface area (Å²) in [7, 11) is 0. The zero-order valence-electron chi connectivity index (χ0n) is 10.2. The molecule has 0 amide bonds. The van der Waals surface area contributed by atoms with Crippen LogP contribution in [0, 0.1) is 0 Å². The van der Waals surface area contributed by atoms with Crippen LogP contribution in [0.3, 0.4) is 0 Å². The SMILES string of the molecule is NC1=NC(N)(c2ccccc2)SC1=C1C=CC=CN1. The molecule has 3 rings (SSSR count). The maximum atomic E-state index is 6.36. The van der Waals surface area contributed by atoms with E-state index < -0.39 is 4.99 Å². The summed E-state index contributed by atoms with van der Waals surface area (Å²) in [4.78, 5) is 4.47. The van der Waals surface area contributed by atoms with Gasteiger partial charge in [-0.15, -0.1) is 0 Å². The van der Waals surface area contributed by atoms with E-state index in [0.29, 0.717) is 5.84 Å². The maximum Gasteiger partial charge on any atom is 0.188 e. The number of benzene rings is 1. The molecular weight excluding hydrogens is 256 g/mol. The smallest absolute Gasteiger partial charge is 0.188 e. The number of nitrogens with one attached hydrogen (secondary N) is 1. The second-order valence-corrected chi connectivity index (χ2v) is 5.50. The molecule has 5 heteroatoms. The van der Waals surface area contributed by atoms with Gasteiger partial charge in [-0.3, -0.25) is 5.73 Å². The van der Waals surface area contributed by atoms with Crippen molar-refractivity contribution in [1.82, 2.24) is 5.32 Å². The molecular formula is C14H14N4S. The van der Waals surface area contributed by atoms with Gasteiger partial charge in [-0.1, -0.05) is 48.2 Å². The van der Waals surface area contributed by atoms with E-state index in [1.165, 1.54) is 11.8 Å². The monoisotopic (exact) mass is 270 g/mol. The fraction of sp³-hybridized carbons (Fsp3) is 0.0714. The number of aliphatic imine (C=N–C) groups is 1. The molecule has 0 aromatic heterocycles. The maximum absolute atomic E-state index is 6.36. The lowest BCUT2D eigenvalue weighted by Crippen LogP contribution is -2.28. The zero-order chi connectivity index (χ0) is 13.3. The molecule has 0 aliphatic carbocycles. The van der Waals surface area contributed by atoms with Crippen molar-refractivity contribution in [2.24, 2.45) is 16.5 Å².